The summed E-state index contributed by atoms with van der Waals surface area (Å²) in [5, 5.41) is 3.40. The minimum Gasteiger partial charge on any atom is -0.312 e. The maximum atomic E-state index is 3.73. The third-order valence-electron chi connectivity index (χ3n) is 2.79. The molecule has 102 valence electrons. The third-order valence-corrected chi connectivity index (χ3v) is 2.79. The van der Waals surface area contributed by atoms with Gasteiger partial charge in [0.15, 0.2) is 0 Å². The molecule has 0 aliphatic rings. The molecule has 3 nitrogen and oxygen atoms in total. The Bertz CT molecular complexity index is 190. The van der Waals surface area contributed by atoms with Gasteiger partial charge in [-0.05, 0) is 26.9 Å². The first-order valence-electron chi connectivity index (χ1n) is 6.67. The van der Waals surface area contributed by atoms with Crippen molar-refractivity contribution in [3.8, 4) is 0 Å². The summed E-state index contributed by atoms with van der Waals surface area (Å²) in [6.45, 7) is 16.0. The van der Waals surface area contributed by atoms with E-state index in [2.05, 4.69) is 56.6 Å². The highest BCUT2D eigenvalue weighted by Crippen LogP contribution is 2.04. The Balaban J connectivity index is 4.08. The van der Waals surface area contributed by atoms with Crippen LogP contribution in [0.5, 0.6) is 0 Å². The van der Waals surface area contributed by atoms with Gasteiger partial charge in [0.25, 0.3) is 0 Å². The number of hydrogen-bond donors (Lipinski definition) is 1. The first-order valence-corrected chi connectivity index (χ1v) is 6.67. The van der Waals surface area contributed by atoms with Gasteiger partial charge in [0.2, 0.25) is 0 Å². The summed E-state index contributed by atoms with van der Waals surface area (Å²) in [6.07, 6.45) is 1.92. The number of hydrogen-bond acceptors (Lipinski definition) is 3. The van der Waals surface area contributed by atoms with Gasteiger partial charge in [-0.25, -0.2) is 0 Å². The first-order chi connectivity index (χ1) is 7.97. The molecule has 0 aromatic carbocycles. The zero-order valence-corrected chi connectivity index (χ0v) is 12.4. The largest absolute Gasteiger partial charge is 0.312 e. The van der Waals surface area contributed by atoms with E-state index in [0.717, 1.165) is 32.1 Å². The summed E-state index contributed by atoms with van der Waals surface area (Å²) >= 11 is 0. The van der Waals surface area contributed by atoms with Gasteiger partial charge in [-0.2, -0.15) is 0 Å². The maximum absolute atomic E-state index is 3.73. The van der Waals surface area contributed by atoms with E-state index >= 15 is 0 Å². The van der Waals surface area contributed by atoms with Crippen LogP contribution in [0.3, 0.4) is 0 Å². The Morgan fingerprint density at radius 3 is 2.29 bits per heavy atom. The first kappa shape index (κ1) is 16.6. The van der Waals surface area contributed by atoms with Crippen molar-refractivity contribution < 1.29 is 0 Å². The van der Waals surface area contributed by atoms with Gasteiger partial charge in [-0.1, -0.05) is 19.9 Å². The van der Waals surface area contributed by atoms with Gasteiger partial charge in [0.05, 0.1) is 0 Å². The lowest BCUT2D eigenvalue weighted by Crippen LogP contribution is -2.45. The molecule has 3 heteroatoms. The minimum atomic E-state index is 0.581. The molecule has 0 radical (unpaired) electrons. The summed E-state index contributed by atoms with van der Waals surface area (Å²) < 4.78 is 0. The predicted molar refractivity (Wildman–Crippen MR) is 77.5 cm³/mol. The molecule has 0 fully saturated rings. The number of nitrogens with zero attached hydrogens (tertiary/aromatic N) is 2. The van der Waals surface area contributed by atoms with Crippen molar-refractivity contribution in [2.75, 3.05) is 46.8 Å². The van der Waals surface area contributed by atoms with E-state index < -0.39 is 0 Å². The molecule has 1 unspecified atom stereocenters. The Kier molecular flexibility index (Phi) is 9.41. The molecule has 0 bridgehead atoms. The Morgan fingerprint density at radius 2 is 1.82 bits per heavy atom. The smallest absolute Gasteiger partial charge is 0.0193 e. The average Bonchev–Trinajstić information content (AvgIpc) is 2.23. The van der Waals surface area contributed by atoms with E-state index in [9.17, 15) is 0 Å². The van der Waals surface area contributed by atoms with Crippen molar-refractivity contribution in [3.63, 3.8) is 0 Å². The normalized spacial score (nSPS) is 13.6. The molecule has 0 heterocycles. The molecule has 0 saturated heterocycles. The van der Waals surface area contributed by atoms with Gasteiger partial charge >= 0.3 is 0 Å². The topological polar surface area (TPSA) is 18.5 Å². The zero-order valence-electron chi connectivity index (χ0n) is 12.4. The monoisotopic (exact) mass is 241 g/mol. The SMILES string of the molecule is C=CCNCC(C)N(CCN(C)C)CC(C)C. The second-order valence-electron chi connectivity index (χ2n) is 5.49. The number of rotatable bonds is 10. The van der Waals surface area contributed by atoms with E-state index in [1.165, 1.54) is 6.54 Å². The molecule has 0 saturated carbocycles. The van der Waals surface area contributed by atoms with Crippen LogP contribution in [0, 0.1) is 5.92 Å². The van der Waals surface area contributed by atoms with Crippen molar-refractivity contribution in [2.24, 2.45) is 5.92 Å². The van der Waals surface area contributed by atoms with E-state index in [1.54, 1.807) is 0 Å². The van der Waals surface area contributed by atoms with Gasteiger partial charge in [-0.15, -0.1) is 6.58 Å². The maximum Gasteiger partial charge on any atom is 0.0193 e. The van der Waals surface area contributed by atoms with E-state index in [-0.39, 0.29) is 0 Å². The van der Waals surface area contributed by atoms with Crippen LogP contribution in [0.1, 0.15) is 20.8 Å². The fourth-order valence-electron chi connectivity index (χ4n) is 1.81. The van der Waals surface area contributed by atoms with Crippen LogP contribution in [-0.4, -0.2) is 62.7 Å². The highest BCUT2D eigenvalue weighted by Gasteiger charge is 2.14. The summed E-state index contributed by atoms with van der Waals surface area (Å²) in [6, 6.07) is 0.581. The summed E-state index contributed by atoms with van der Waals surface area (Å²) in [5.74, 6) is 0.721. The molecule has 17 heavy (non-hydrogen) atoms. The second-order valence-corrected chi connectivity index (χ2v) is 5.49. The molecule has 0 aromatic heterocycles. The fraction of sp³-hybridized carbons (Fsp3) is 0.857. The van der Waals surface area contributed by atoms with Gasteiger partial charge in [0, 0.05) is 38.8 Å². The summed E-state index contributed by atoms with van der Waals surface area (Å²) in [5.41, 5.74) is 0. The van der Waals surface area contributed by atoms with Crippen molar-refractivity contribution in [2.45, 2.75) is 26.8 Å². The van der Waals surface area contributed by atoms with Crippen LogP contribution in [-0.2, 0) is 0 Å². The molecule has 0 rings (SSSR count). The molecule has 0 aliphatic heterocycles. The lowest BCUT2D eigenvalue weighted by Gasteiger charge is -2.31. The van der Waals surface area contributed by atoms with Crippen LogP contribution < -0.4 is 5.32 Å². The lowest BCUT2D eigenvalue weighted by molar-refractivity contribution is 0.168. The Morgan fingerprint density at radius 1 is 1.18 bits per heavy atom. The van der Waals surface area contributed by atoms with Crippen molar-refractivity contribution in [1.29, 1.82) is 0 Å². The molecular weight excluding hydrogens is 210 g/mol. The van der Waals surface area contributed by atoms with E-state index in [1.807, 2.05) is 6.08 Å². The van der Waals surface area contributed by atoms with Crippen molar-refractivity contribution in [1.82, 2.24) is 15.1 Å². The Hall–Kier alpha value is -0.380. The highest BCUT2D eigenvalue weighted by molar-refractivity contribution is 4.75. The third kappa shape index (κ3) is 9.33. The van der Waals surface area contributed by atoms with Crippen LogP contribution in [0.25, 0.3) is 0 Å². The molecule has 0 aromatic rings. The van der Waals surface area contributed by atoms with E-state index in [4.69, 9.17) is 0 Å². The zero-order chi connectivity index (χ0) is 13.3. The molecule has 0 amide bonds. The van der Waals surface area contributed by atoms with Gasteiger partial charge in [0.1, 0.15) is 0 Å². The quantitative estimate of drug-likeness (QED) is 0.464. The lowest BCUT2D eigenvalue weighted by atomic mass is 10.1. The van der Waals surface area contributed by atoms with Crippen LogP contribution in [0.15, 0.2) is 12.7 Å². The molecule has 1 N–H and O–H groups in total. The van der Waals surface area contributed by atoms with Crippen LogP contribution >= 0.6 is 0 Å². The highest BCUT2D eigenvalue weighted by atomic mass is 15.2. The van der Waals surface area contributed by atoms with Crippen LogP contribution in [0.4, 0.5) is 0 Å². The van der Waals surface area contributed by atoms with Crippen molar-refractivity contribution in [3.05, 3.63) is 12.7 Å². The van der Waals surface area contributed by atoms with Gasteiger partial charge in [-0.3, -0.25) is 4.90 Å². The van der Waals surface area contributed by atoms with Crippen LogP contribution in [0.2, 0.25) is 0 Å². The fourth-order valence-corrected chi connectivity index (χ4v) is 1.81. The number of nitrogens with one attached hydrogen (secondary N) is 1. The average molecular weight is 241 g/mol. The van der Waals surface area contributed by atoms with Crippen molar-refractivity contribution >= 4 is 0 Å². The van der Waals surface area contributed by atoms with E-state index in [0.29, 0.717) is 6.04 Å². The second kappa shape index (κ2) is 9.63. The van der Waals surface area contributed by atoms with Gasteiger partial charge < -0.3 is 10.2 Å². The molecular formula is C14H31N3. The standard InChI is InChI=1S/C14H31N3/c1-7-8-15-11-14(4)17(12-13(2)3)10-9-16(5)6/h7,13-15H,1,8-12H2,2-6H3. The minimum absolute atomic E-state index is 0.581. The molecule has 0 spiro atoms. The Labute approximate surface area is 108 Å². The predicted octanol–water partition coefficient (Wildman–Crippen LogP) is 1.67. The number of likely N-dealkylation sites (N-methyl/N-ethyl adjacent to an activating group) is 1. The molecule has 0 aliphatic carbocycles. The molecule has 1 atom stereocenters. The summed E-state index contributed by atoms with van der Waals surface area (Å²) in [7, 11) is 4.27. The summed E-state index contributed by atoms with van der Waals surface area (Å²) in [4.78, 5) is 4.82.